The number of benzene rings is 1. The summed E-state index contributed by atoms with van der Waals surface area (Å²) in [5.41, 5.74) is 5.10. The van der Waals surface area contributed by atoms with Crippen LogP contribution in [-0.2, 0) is 14.1 Å². The number of nitrogens with zero attached hydrogens (tertiary/aromatic N) is 2. The fraction of sp³-hybridized carbons (Fsp3) is 0.167. The number of hydrogen-bond acceptors (Lipinski definition) is 0. The topological polar surface area (TPSA) is 8.81 Å². The second-order valence-electron chi connectivity index (χ2n) is 5.21. The van der Waals surface area contributed by atoms with Gasteiger partial charge in [-0.2, -0.15) is 0 Å². The Morgan fingerprint density at radius 2 is 1.70 bits per heavy atom. The van der Waals surface area contributed by atoms with Crippen LogP contribution in [0.1, 0.15) is 16.8 Å². The molecule has 2 heteroatoms. The summed E-state index contributed by atoms with van der Waals surface area (Å²) in [6, 6.07) is 12.8. The van der Waals surface area contributed by atoms with Gasteiger partial charge in [-0.3, -0.25) is 0 Å². The Balaban J connectivity index is 2.06. The minimum Gasteiger partial charge on any atom is -0.347 e. The Morgan fingerprint density at radius 3 is 2.45 bits per heavy atom. The summed E-state index contributed by atoms with van der Waals surface area (Å²) in [6.07, 6.45) is 8.52. The molecule has 0 unspecified atom stereocenters. The van der Waals surface area contributed by atoms with Crippen LogP contribution in [0.15, 0.2) is 48.8 Å². The molecule has 2 heterocycles. The maximum Gasteiger partial charge on any atom is 0.169 e. The van der Waals surface area contributed by atoms with Crippen LogP contribution in [0, 0.1) is 6.92 Å². The van der Waals surface area contributed by atoms with Gasteiger partial charge < -0.3 is 4.57 Å². The molecular formula is C18H19N2+. The van der Waals surface area contributed by atoms with Crippen molar-refractivity contribution in [1.82, 2.24) is 4.57 Å². The number of para-hydroxylation sites is 1. The van der Waals surface area contributed by atoms with Crippen LogP contribution >= 0.6 is 0 Å². The van der Waals surface area contributed by atoms with E-state index in [2.05, 4.69) is 79.5 Å². The third-order valence-electron chi connectivity index (χ3n) is 3.90. The molecule has 0 fully saturated rings. The van der Waals surface area contributed by atoms with Crippen LogP contribution in [0.3, 0.4) is 0 Å². The van der Waals surface area contributed by atoms with Crippen molar-refractivity contribution >= 4 is 23.1 Å². The standard InChI is InChI=1S/C18H19N2/c1-14-16(9-8-15-10-12-19(2)13-11-15)17-6-4-5-7-18(17)20(14)3/h4-13H,1-3H3/q+1. The van der Waals surface area contributed by atoms with Gasteiger partial charge in [0.05, 0.1) is 0 Å². The van der Waals surface area contributed by atoms with Crippen molar-refractivity contribution in [1.29, 1.82) is 0 Å². The first kappa shape index (κ1) is 12.7. The fourth-order valence-corrected chi connectivity index (χ4v) is 2.56. The number of fused-ring (bicyclic) bond motifs is 1. The molecule has 0 bridgehead atoms. The van der Waals surface area contributed by atoms with E-state index in [1.807, 2.05) is 11.6 Å². The maximum absolute atomic E-state index is 2.25. The van der Waals surface area contributed by atoms with Crippen LogP contribution in [-0.4, -0.2) is 4.57 Å². The molecule has 0 radical (unpaired) electrons. The number of hydrogen-bond donors (Lipinski definition) is 0. The van der Waals surface area contributed by atoms with Crippen molar-refractivity contribution in [3.63, 3.8) is 0 Å². The van der Waals surface area contributed by atoms with Gasteiger partial charge in [-0.15, -0.1) is 0 Å². The first-order valence-electron chi connectivity index (χ1n) is 6.84. The summed E-state index contributed by atoms with van der Waals surface area (Å²) in [5.74, 6) is 0. The maximum atomic E-state index is 2.25. The molecule has 0 aliphatic rings. The van der Waals surface area contributed by atoms with E-state index in [1.54, 1.807) is 0 Å². The number of pyridine rings is 1. The van der Waals surface area contributed by atoms with Gasteiger partial charge in [0.15, 0.2) is 12.4 Å². The van der Waals surface area contributed by atoms with E-state index in [-0.39, 0.29) is 0 Å². The van der Waals surface area contributed by atoms with Crippen LogP contribution in [0.4, 0.5) is 0 Å². The Bertz CT molecular complexity index is 777. The summed E-state index contributed by atoms with van der Waals surface area (Å²) in [4.78, 5) is 0. The summed E-state index contributed by atoms with van der Waals surface area (Å²) in [7, 11) is 4.15. The van der Waals surface area contributed by atoms with Gasteiger partial charge >= 0.3 is 0 Å². The Kier molecular flexibility index (Phi) is 3.15. The highest BCUT2D eigenvalue weighted by Gasteiger charge is 2.08. The number of aromatic nitrogens is 2. The van der Waals surface area contributed by atoms with E-state index in [1.165, 1.54) is 27.7 Å². The molecule has 1 aromatic carbocycles. The van der Waals surface area contributed by atoms with Crippen LogP contribution < -0.4 is 4.57 Å². The van der Waals surface area contributed by atoms with E-state index in [9.17, 15) is 0 Å². The molecule has 3 aromatic rings. The first-order chi connectivity index (χ1) is 9.66. The van der Waals surface area contributed by atoms with Crippen molar-refractivity contribution < 1.29 is 4.57 Å². The zero-order chi connectivity index (χ0) is 14.1. The Labute approximate surface area is 119 Å². The normalized spacial score (nSPS) is 11.6. The van der Waals surface area contributed by atoms with Gasteiger partial charge in [0.25, 0.3) is 0 Å². The van der Waals surface area contributed by atoms with Gasteiger partial charge in [0.1, 0.15) is 7.05 Å². The van der Waals surface area contributed by atoms with Crippen molar-refractivity contribution in [3.05, 3.63) is 65.6 Å². The second kappa shape index (κ2) is 4.97. The zero-order valence-corrected chi connectivity index (χ0v) is 12.2. The molecule has 0 aliphatic carbocycles. The van der Waals surface area contributed by atoms with Gasteiger partial charge in [-0.25, -0.2) is 4.57 Å². The third-order valence-corrected chi connectivity index (χ3v) is 3.90. The largest absolute Gasteiger partial charge is 0.347 e. The van der Waals surface area contributed by atoms with Crippen LogP contribution in [0.25, 0.3) is 23.1 Å². The average Bonchev–Trinajstić information content (AvgIpc) is 2.71. The highest BCUT2D eigenvalue weighted by Crippen LogP contribution is 2.26. The molecule has 0 saturated heterocycles. The molecule has 0 atom stereocenters. The van der Waals surface area contributed by atoms with E-state index in [0.717, 1.165) is 0 Å². The van der Waals surface area contributed by atoms with E-state index < -0.39 is 0 Å². The molecule has 0 spiro atoms. The predicted molar refractivity (Wildman–Crippen MR) is 84.2 cm³/mol. The lowest BCUT2D eigenvalue weighted by atomic mass is 10.1. The van der Waals surface area contributed by atoms with Crippen molar-refractivity contribution in [2.75, 3.05) is 0 Å². The average molecular weight is 263 g/mol. The van der Waals surface area contributed by atoms with Crippen molar-refractivity contribution in [2.24, 2.45) is 14.1 Å². The highest BCUT2D eigenvalue weighted by atomic mass is 14.9. The zero-order valence-electron chi connectivity index (χ0n) is 12.2. The van der Waals surface area contributed by atoms with Gasteiger partial charge in [0.2, 0.25) is 0 Å². The predicted octanol–water partition coefficient (Wildman–Crippen LogP) is 3.48. The van der Waals surface area contributed by atoms with E-state index >= 15 is 0 Å². The quantitative estimate of drug-likeness (QED) is 0.626. The molecule has 0 N–H and O–H groups in total. The second-order valence-corrected chi connectivity index (χ2v) is 5.21. The summed E-state index contributed by atoms with van der Waals surface area (Å²) >= 11 is 0. The Hall–Kier alpha value is -2.35. The fourth-order valence-electron chi connectivity index (χ4n) is 2.56. The SMILES string of the molecule is Cc1c(/C=C/c2cc[n+](C)cc2)c2ccccc2n1C. The summed E-state index contributed by atoms with van der Waals surface area (Å²) in [6.45, 7) is 2.17. The lowest BCUT2D eigenvalue weighted by molar-refractivity contribution is -0.671. The molecule has 0 aliphatic heterocycles. The van der Waals surface area contributed by atoms with Crippen molar-refractivity contribution in [3.8, 4) is 0 Å². The summed E-state index contributed by atoms with van der Waals surface area (Å²) in [5, 5.41) is 1.31. The number of rotatable bonds is 2. The minimum atomic E-state index is 1.22. The lowest BCUT2D eigenvalue weighted by Gasteiger charge is -1.97. The molecule has 0 saturated carbocycles. The Morgan fingerprint density at radius 1 is 1.00 bits per heavy atom. The number of aryl methyl sites for hydroxylation is 2. The molecule has 0 amide bonds. The van der Waals surface area contributed by atoms with Crippen molar-refractivity contribution in [2.45, 2.75) is 6.92 Å². The molecule has 20 heavy (non-hydrogen) atoms. The monoisotopic (exact) mass is 263 g/mol. The smallest absolute Gasteiger partial charge is 0.169 e. The molecule has 100 valence electrons. The summed E-state index contributed by atoms with van der Waals surface area (Å²) < 4.78 is 4.29. The third kappa shape index (κ3) is 2.14. The van der Waals surface area contributed by atoms with E-state index in [4.69, 9.17) is 0 Å². The minimum absolute atomic E-state index is 1.22. The van der Waals surface area contributed by atoms with Gasteiger partial charge in [0, 0.05) is 41.3 Å². The highest BCUT2D eigenvalue weighted by molar-refractivity contribution is 5.93. The molecular weight excluding hydrogens is 244 g/mol. The molecule has 2 aromatic heterocycles. The lowest BCUT2D eigenvalue weighted by Crippen LogP contribution is -2.25. The van der Waals surface area contributed by atoms with Gasteiger partial charge in [-0.05, 0) is 18.6 Å². The van der Waals surface area contributed by atoms with Crippen LogP contribution in [0.5, 0.6) is 0 Å². The molecule has 2 nitrogen and oxygen atoms in total. The van der Waals surface area contributed by atoms with Gasteiger partial charge in [-0.1, -0.05) is 30.4 Å². The van der Waals surface area contributed by atoms with Crippen LogP contribution in [0.2, 0.25) is 0 Å². The molecule has 3 rings (SSSR count). The van der Waals surface area contributed by atoms with E-state index in [0.29, 0.717) is 0 Å². The first-order valence-corrected chi connectivity index (χ1v) is 6.84.